The van der Waals surface area contributed by atoms with E-state index in [0.717, 1.165) is 29.5 Å². The number of nitrogens with one attached hydrogen (secondary N) is 1. The summed E-state index contributed by atoms with van der Waals surface area (Å²) in [5.41, 5.74) is 2.23. The van der Waals surface area contributed by atoms with E-state index in [4.69, 9.17) is 0 Å². The number of hydrogen-bond donors (Lipinski definition) is 1. The topological polar surface area (TPSA) is 37.8 Å². The average molecular weight is 233 g/mol. The summed E-state index contributed by atoms with van der Waals surface area (Å²) in [7, 11) is 0. The molecule has 0 saturated carbocycles. The van der Waals surface area contributed by atoms with E-state index in [2.05, 4.69) is 22.2 Å². The Kier molecular flexibility index (Phi) is 3.51. The summed E-state index contributed by atoms with van der Waals surface area (Å²) in [4.78, 5) is 9.98. The summed E-state index contributed by atoms with van der Waals surface area (Å²) in [6, 6.07) is 5.99. The number of aryl methyl sites for hydroxylation is 2. The van der Waals surface area contributed by atoms with E-state index in [0.29, 0.717) is 0 Å². The average Bonchev–Trinajstić information content (AvgIpc) is 2.60. The zero-order chi connectivity index (χ0) is 11.4. The van der Waals surface area contributed by atoms with E-state index in [1.165, 1.54) is 4.88 Å². The summed E-state index contributed by atoms with van der Waals surface area (Å²) >= 11 is 1.71. The highest BCUT2D eigenvalue weighted by molar-refractivity contribution is 7.15. The van der Waals surface area contributed by atoms with E-state index >= 15 is 0 Å². The van der Waals surface area contributed by atoms with Crippen molar-refractivity contribution in [2.24, 2.45) is 0 Å². The van der Waals surface area contributed by atoms with Crippen LogP contribution in [0.25, 0.3) is 0 Å². The first-order valence-corrected chi connectivity index (χ1v) is 6.15. The Balaban J connectivity index is 1.84. The standard InChI is InChI=1S/C12H15N3S/c1-9-10(2)16-12(15-9)14-8-6-11-5-3-4-7-13-11/h3-5,7H,6,8H2,1-2H3,(H,14,15). The molecule has 0 aromatic carbocycles. The number of pyridine rings is 1. The van der Waals surface area contributed by atoms with Crippen LogP contribution < -0.4 is 5.32 Å². The molecule has 0 aliphatic heterocycles. The van der Waals surface area contributed by atoms with Crippen molar-refractivity contribution in [3.8, 4) is 0 Å². The van der Waals surface area contributed by atoms with Gasteiger partial charge in [-0.15, -0.1) is 11.3 Å². The summed E-state index contributed by atoms with van der Waals surface area (Å²) in [5, 5.41) is 4.33. The predicted octanol–water partition coefficient (Wildman–Crippen LogP) is 2.81. The van der Waals surface area contributed by atoms with Crippen molar-refractivity contribution < 1.29 is 0 Å². The predicted molar refractivity (Wildman–Crippen MR) is 68.0 cm³/mol. The minimum absolute atomic E-state index is 0.878. The molecule has 0 radical (unpaired) electrons. The van der Waals surface area contributed by atoms with Crippen molar-refractivity contribution in [1.82, 2.24) is 9.97 Å². The molecule has 0 spiro atoms. The molecule has 0 atom stereocenters. The van der Waals surface area contributed by atoms with E-state index < -0.39 is 0 Å². The van der Waals surface area contributed by atoms with E-state index in [-0.39, 0.29) is 0 Å². The molecule has 0 amide bonds. The molecule has 2 heterocycles. The van der Waals surface area contributed by atoms with Crippen molar-refractivity contribution >= 4 is 16.5 Å². The lowest BCUT2D eigenvalue weighted by molar-refractivity contribution is 0.957. The second-order valence-corrected chi connectivity index (χ2v) is 4.86. The van der Waals surface area contributed by atoms with Crippen LogP contribution in [0.3, 0.4) is 0 Å². The lowest BCUT2D eigenvalue weighted by atomic mass is 10.3. The van der Waals surface area contributed by atoms with Crippen molar-refractivity contribution in [2.45, 2.75) is 20.3 Å². The van der Waals surface area contributed by atoms with E-state index in [1.807, 2.05) is 31.3 Å². The Bertz CT molecular complexity index is 431. The fraction of sp³-hybridized carbons (Fsp3) is 0.333. The largest absolute Gasteiger partial charge is 0.361 e. The van der Waals surface area contributed by atoms with Gasteiger partial charge in [-0.25, -0.2) is 4.98 Å². The molecule has 1 N–H and O–H groups in total. The van der Waals surface area contributed by atoms with Crippen molar-refractivity contribution in [2.75, 3.05) is 11.9 Å². The van der Waals surface area contributed by atoms with Crippen LogP contribution in [0.1, 0.15) is 16.3 Å². The van der Waals surface area contributed by atoms with Crippen LogP contribution in [0.2, 0.25) is 0 Å². The van der Waals surface area contributed by atoms with Gasteiger partial charge in [-0.1, -0.05) is 6.07 Å². The van der Waals surface area contributed by atoms with Gasteiger partial charge < -0.3 is 5.32 Å². The van der Waals surface area contributed by atoms with Gasteiger partial charge in [0.2, 0.25) is 0 Å². The molecule has 0 unspecified atom stereocenters. The molecule has 0 aliphatic carbocycles. The fourth-order valence-corrected chi connectivity index (χ4v) is 2.23. The molecular weight excluding hydrogens is 218 g/mol. The van der Waals surface area contributed by atoms with Crippen molar-refractivity contribution in [1.29, 1.82) is 0 Å². The quantitative estimate of drug-likeness (QED) is 0.882. The van der Waals surface area contributed by atoms with Gasteiger partial charge in [-0.05, 0) is 26.0 Å². The maximum atomic E-state index is 4.43. The minimum atomic E-state index is 0.878. The zero-order valence-electron chi connectivity index (χ0n) is 9.53. The number of thiazole rings is 1. The molecule has 2 rings (SSSR count). The number of hydrogen-bond acceptors (Lipinski definition) is 4. The molecule has 0 bridgehead atoms. The highest BCUT2D eigenvalue weighted by atomic mass is 32.1. The molecular formula is C12H15N3S. The van der Waals surface area contributed by atoms with Gasteiger partial charge in [0.1, 0.15) is 0 Å². The number of aromatic nitrogens is 2. The lowest BCUT2D eigenvalue weighted by Crippen LogP contribution is -2.05. The summed E-state index contributed by atoms with van der Waals surface area (Å²) < 4.78 is 0. The minimum Gasteiger partial charge on any atom is -0.361 e. The third-order valence-electron chi connectivity index (χ3n) is 2.41. The number of anilines is 1. The summed E-state index contributed by atoms with van der Waals surface area (Å²) in [5.74, 6) is 0. The maximum absolute atomic E-state index is 4.43. The Morgan fingerprint density at radius 2 is 2.19 bits per heavy atom. The van der Waals surface area contributed by atoms with Gasteiger partial charge in [0.05, 0.1) is 5.69 Å². The van der Waals surface area contributed by atoms with E-state index in [1.54, 1.807) is 11.3 Å². The van der Waals surface area contributed by atoms with Crippen LogP contribution in [0, 0.1) is 13.8 Å². The maximum Gasteiger partial charge on any atom is 0.183 e. The highest BCUT2D eigenvalue weighted by Crippen LogP contribution is 2.20. The van der Waals surface area contributed by atoms with Crippen LogP contribution >= 0.6 is 11.3 Å². The molecule has 2 aromatic rings. The van der Waals surface area contributed by atoms with Gasteiger partial charge in [-0.3, -0.25) is 4.98 Å². The molecule has 0 fully saturated rings. The van der Waals surface area contributed by atoms with E-state index in [9.17, 15) is 0 Å². The second kappa shape index (κ2) is 5.07. The van der Waals surface area contributed by atoms with Crippen LogP contribution in [0.5, 0.6) is 0 Å². The number of nitrogens with zero attached hydrogens (tertiary/aromatic N) is 2. The van der Waals surface area contributed by atoms with Crippen LogP contribution in [0.4, 0.5) is 5.13 Å². The molecule has 2 aromatic heterocycles. The highest BCUT2D eigenvalue weighted by Gasteiger charge is 2.02. The molecule has 0 aliphatic rings. The third kappa shape index (κ3) is 2.79. The summed E-state index contributed by atoms with van der Waals surface area (Å²) in [6.07, 6.45) is 2.76. The molecule has 84 valence electrons. The Morgan fingerprint density at radius 3 is 2.81 bits per heavy atom. The Hall–Kier alpha value is -1.42. The third-order valence-corrected chi connectivity index (χ3v) is 3.44. The van der Waals surface area contributed by atoms with Gasteiger partial charge in [0, 0.05) is 29.7 Å². The lowest BCUT2D eigenvalue weighted by Gasteiger charge is -2.01. The second-order valence-electron chi connectivity index (χ2n) is 3.66. The molecule has 4 heteroatoms. The van der Waals surface area contributed by atoms with Crippen LogP contribution in [0.15, 0.2) is 24.4 Å². The Labute approximate surface area is 99.6 Å². The first-order valence-electron chi connectivity index (χ1n) is 5.33. The zero-order valence-corrected chi connectivity index (χ0v) is 10.3. The number of rotatable bonds is 4. The first kappa shape index (κ1) is 11.1. The summed E-state index contributed by atoms with van der Waals surface area (Å²) in [6.45, 7) is 5.01. The van der Waals surface area contributed by atoms with Crippen molar-refractivity contribution in [3.63, 3.8) is 0 Å². The molecule has 3 nitrogen and oxygen atoms in total. The molecule has 16 heavy (non-hydrogen) atoms. The van der Waals surface area contributed by atoms with Gasteiger partial charge in [0.15, 0.2) is 5.13 Å². The van der Waals surface area contributed by atoms with Crippen LogP contribution in [-0.2, 0) is 6.42 Å². The van der Waals surface area contributed by atoms with Crippen molar-refractivity contribution in [3.05, 3.63) is 40.7 Å². The first-order chi connectivity index (χ1) is 7.75. The van der Waals surface area contributed by atoms with Crippen LogP contribution in [-0.4, -0.2) is 16.5 Å². The Morgan fingerprint density at radius 1 is 1.31 bits per heavy atom. The SMILES string of the molecule is Cc1nc(NCCc2ccccn2)sc1C. The van der Waals surface area contributed by atoms with Gasteiger partial charge in [-0.2, -0.15) is 0 Å². The normalized spacial score (nSPS) is 10.4. The fourth-order valence-electron chi connectivity index (χ4n) is 1.39. The van der Waals surface area contributed by atoms with Gasteiger partial charge >= 0.3 is 0 Å². The molecule has 0 saturated heterocycles. The smallest absolute Gasteiger partial charge is 0.183 e. The monoisotopic (exact) mass is 233 g/mol. The van der Waals surface area contributed by atoms with Gasteiger partial charge in [0.25, 0.3) is 0 Å².